The van der Waals surface area contributed by atoms with Crippen molar-refractivity contribution in [1.82, 2.24) is 4.90 Å². The van der Waals surface area contributed by atoms with Crippen LogP contribution in [-0.4, -0.2) is 54.9 Å². The molecule has 2 aliphatic heterocycles. The zero-order valence-electron chi connectivity index (χ0n) is 19.3. The SMILES string of the molecule is O=C(O)c1cc(F)c(-c2cccc3c2OCN(C(=O)c2c(Cl)cc(Br)cc2Cl)C3)cc1N1CCOCC1. The lowest BCUT2D eigenvalue weighted by molar-refractivity contribution is 0.0516. The minimum Gasteiger partial charge on any atom is -0.478 e. The lowest BCUT2D eigenvalue weighted by Gasteiger charge is -2.32. The van der Waals surface area contributed by atoms with Crippen molar-refractivity contribution in [1.29, 1.82) is 0 Å². The second-order valence-electron chi connectivity index (χ2n) is 8.57. The molecule has 1 fully saturated rings. The Labute approximate surface area is 230 Å². The predicted octanol–water partition coefficient (Wildman–Crippen LogP) is 6.09. The molecule has 3 aromatic rings. The Morgan fingerprint density at radius 2 is 1.73 bits per heavy atom. The van der Waals surface area contributed by atoms with Crippen LogP contribution >= 0.6 is 39.1 Å². The Bertz CT molecular complexity index is 1390. The van der Waals surface area contributed by atoms with E-state index in [0.717, 1.165) is 6.07 Å². The molecule has 192 valence electrons. The van der Waals surface area contributed by atoms with E-state index in [0.29, 0.717) is 53.3 Å². The second-order valence-corrected chi connectivity index (χ2v) is 10.3. The molecule has 3 aromatic carbocycles. The average Bonchev–Trinajstić information content (AvgIpc) is 2.87. The molecule has 1 saturated heterocycles. The molecule has 5 rings (SSSR count). The highest BCUT2D eigenvalue weighted by Crippen LogP contribution is 2.41. The number of hydrogen-bond acceptors (Lipinski definition) is 5. The third-order valence-corrected chi connectivity index (χ3v) is 7.34. The number of benzene rings is 3. The third kappa shape index (κ3) is 5.01. The minimum atomic E-state index is -1.21. The Morgan fingerprint density at radius 3 is 2.41 bits per heavy atom. The molecule has 1 amide bonds. The highest BCUT2D eigenvalue weighted by Gasteiger charge is 2.29. The largest absolute Gasteiger partial charge is 0.478 e. The van der Waals surface area contributed by atoms with E-state index in [-0.39, 0.29) is 40.0 Å². The van der Waals surface area contributed by atoms with E-state index < -0.39 is 17.7 Å². The first-order valence-electron chi connectivity index (χ1n) is 11.3. The van der Waals surface area contributed by atoms with E-state index in [1.165, 1.54) is 4.90 Å². The first kappa shape index (κ1) is 25.8. The summed E-state index contributed by atoms with van der Waals surface area (Å²) in [4.78, 5) is 28.4. The molecule has 7 nitrogen and oxygen atoms in total. The van der Waals surface area contributed by atoms with E-state index in [1.807, 2.05) is 4.90 Å². The van der Waals surface area contributed by atoms with Gasteiger partial charge in [-0.15, -0.1) is 0 Å². The molecule has 1 N–H and O–H groups in total. The van der Waals surface area contributed by atoms with Gasteiger partial charge in [-0.3, -0.25) is 4.79 Å². The van der Waals surface area contributed by atoms with Gasteiger partial charge < -0.3 is 24.4 Å². The summed E-state index contributed by atoms with van der Waals surface area (Å²) < 4.78 is 27.3. The number of hydrogen-bond donors (Lipinski definition) is 1. The molecule has 2 heterocycles. The van der Waals surface area contributed by atoms with Crippen LogP contribution in [0.5, 0.6) is 5.75 Å². The van der Waals surface area contributed by atoms with Gasteiger partial charge in [-0.05, 0) is 24.3 Å². The van der Waals surface area contributed by atoms with Crippen LogP contribution in [-0.2, 0) is 11.3 Å². The van der Waals surface area contributed by atoms with Crippen molar-refractivity contribution in [3.05, 3.63) is 79.5 Å². The molecule has 0 radical (unpaired) electrons. The van der Waals surface area contributed by atoms with Gasteiger partial charge in [-0.2, -0.15) is 0 Å². The van der Waals surface area contributed by atoms with Crippen molar-refractivity contribution < 1.29 is 28.6 Å². The van der Waals surface area contributed by atoms with Crippen molar-refractivity contribution in [3.8, 4) is 16.9 Å². The predicted molar refractivity (Wildman–Crippen MR) is 141 cm³/mol. The molecule has 0 saturated carbocycles. The van der Waals surface area contributed by atoms with Crippen LogP contribution in [0.1, 0.15) is 26.3 Å². The van der Waals surface area contributed by atoms with Gasteiger partial charge in [-0.25, -0.2) is 9.18 Å². The Hall–Kier alpha value is -2.85. The summed E-state index contributed by atoms with van der Waals surface area (Å²) in [6, 6.07) is 11.0. The van der Waals surface area contributed by atoms with Gasteiger partial charge in [0.2, 0.25) is 0 Å². The number of nitrogens with zero attached hydrogens (tertiary/aromatic N) is 2. The number of anilines is 1. The Kier molecular flexibility index (Phi) is 7.31. The van der Waals surface area contributed by atoms with Gasteiger partial charge in [0, 0.05) is 34.3 Å². The topological polar surface area (TPSA) is 79.3 Å². The summed E-state index contributed by atoms with van der Waals surface area (Å²) >= 11 is 15.9. The maximum Gasteiger partial charge on any atom is 0.337 e. The minimum absolute atomic E-state index is 0.100. The van der Waals surface area contributed by atoms with Crippen molar-refractivity contribution in [2.45, 2.75) is 6.54 Å². The highest BCUT2D eigenvalue weighted by atomic mass is 79.9. The fourth-order valence-electron chi connectivity index (χ4n) is 4.53. The fraction of sp³-hybridized carbons (Fsp3) is 0.231. The molecule has 37 heavy (non-hydrogen) atoms. The molecule has 0 aliphatic carbocycles. The van der Waals surface area contributed by atoms with Crippen LogP contribution in [0.2, 0.25) is 10.0 Å². The number of carbonyl (C=O) groups excluding carboxylic acids is 1. The molecule has 11 heteroatoms. The Morgan fingerprint density at radius 1 is 1.03 bits per heavy atom. The lowest BCUT2D eigenvalue weighted by Crippen LogP contribution is -2.37. The first-order valence-corrected chi connectivity index (χ1v) is 12.9. The molecule has 0 spiro atoms. The quantitative estimate of drug-likeness (QED) is 0.386. The average molecular weight is 610 g/mol. The van der Waals surface area contributed by atoms with Crippen LogP contribution in [0.15, 0.2) is 46.9 Å². The summed E-state index contributed by atoms with van der Waals surface area (Å²) in [5.74, 6) is -1.87. The van der Waals surface area contributed by atoms with Crippen LogP contribution in [0.3, 0.4) is 0 Å². The number of para-hydroxylation sites is 1. The third-order valence-electron chi connectivity index (χ3n) is 6.29. The zero-order valence-corrected chi connectivity index (χ0v) is 22.4. The molecule has 0 atom stereocenters. The van der Waals surface area contributed by atoms with Crippen LogP contribution < -0.4 is 9.64 Å². The van der Waals surface area contributed by atoms with Crippen molar-refractivity contribution >= 4 is 56.7 Å². The number of ether oxygens (including phenoxy) is 2. The first-order chi connectivity index (χ1) is 17.7. The Balaban J connectivity index is 1.51. The maximum absolute atomic E-state index is 15.3. The van der Waals surface area contributed by atoms with E-state index >= 15 is 4.39 Å². The summed E-state index contributed by atoms with van der Waals surface area (Å²) in [5.41, 5.74) is 1.80. The van der Waals surface area contributed by atoms with E-state index in [9.17, 15) is 14.7 Å². The van der Waals surface area contributed by atoms with E-state index in [1.54, 1.807) is 36.4 Å². The lowest BCUT2D eigenvalue weighted by atomic mass is 9.97. The van der Waals surface area contributed by atoms with Crippen molar-refractivity contribution in [2.24, 2.45) is 0 Å². The van der Waals surface area contributed by atoms with E-state index in [4.69, 9.17) is 32.7 Å². The number of amides is 1. The van der Waals surface area contributed by atoms with Gasteiger partial charge in [0.05, 0.1) is 46.6 Å². The molecule has 2 aliphatic rings. The number of aromatic carboxylic acids is 1. The summed E-state index contributed by atoms with van der Waals surface area (Å²) in [7, 11) is 0. The molecular formula is C26H20BrCl2FN2O5. The van der Waals surface area contributed by atoms with Gasteiger partial charge in [-0.1, -0.05) is 57.3 Å². The molecule has 0 unspecified atom stereocenters. The van der Waals surface area contributed by atoms with Crippen molar-refractivity contribution in [3.63, 3.8) is 0 Å². The smallest absolute Gasteiger partial charge is 0.337 e. The molecule has 0 bridgehead atoms. The number of fused-ring (bicyclic) bond motifs is 1. The van der Waals surface area contributed by atoms with Crippen LogP contribution in [0, 0.1) is 5.82 Å². The van der Waals surface area contributed by atoms with E-state index in [2.05, 4.69) is 15.9 Å². The zero-order chi connectivity index (χ0) is 26.3. The fourth-order valence-corrected chi connectivity index (χ4v) is 5.90. The second kappa shape index (κ2) is 10.5. The number of carboxylic acids is 1. The number of carboxylic acid groups (broad SMARTS) is 1. The van der Waals surface area contributed by atoms with Gasteiger partial charge in [0.15, 0.2) is 6.73 Å². The number of rotatable bonds is 4. The monoisotopic (exact) mass is 608 g/mol. The number of halogens is 4. The summed E-state index contributed by atoms with van der Waals surface area (Å²) in [6.45, 7) is 1.98. The number of morpholine rings is 1. The summed E-state index contributed by atoms with van der Waals surface area (Å²) in [5, 5.41) is 10.1. The number of carbonyl (C=O) groups is 2. The standard InChI is InChI=1S/C26H20BrCl2FN2O5/c27-15-8-19(28)23(20(29)9-15)25(33)32-12-14-2-1-3-16(24(14)37-13-32)17-11-22(31-4-6-36-7-5-31)18(26(34)35)10-21(17)30/h1-3,8-11H,4-7,12-13H2,(H,34,35). The van der Waals surface area contributed by atoms with Gasteiger partial charge in [0.1, 0.15) is 11.6 Å². The summed E-state index contributed by atoms with van der Waals surface area (Å²) in [6.07, 6.45) is 0. The normalized spacial score (nSPS) is 15.2. The molecular weight excluding hydrogens is 590 g/mol. The van der Waals surface area contributed by atoms with Crippen LogP contribution in [0.25, 0.3) is 11.1 Å². The maximum atomic E-state index is 15.3. The van der Waals surface area contributed by atoms with Gasteiger partial charge >= 0.3 is 5.97 Å². The van der Waals surface area contributed by atoms with Crippen molar-refractivity contribution in [2.75, 3.05) is 37.9 Å². The van der Waals surface area contributed by atoms with Crippen LogP contribution in [0.4, 0.5) is 10.1 Å². The molecule has 0 aromatic heterocycles. The highest BCUT2D eigenvalue weighted by molar-refractivity contribution is 9.10. The van der Waals surface area contributed by atoms with Gasteiger partial charge in [0.25, 0.3) is 5.91 Å².